The van der Waals surface area contributed by atoms with E-state index in [1.165, 1.54) is 11.6 Å². The van der Waals surface area contributed by atoms with E-state index in [1.54, 1.807) is 6.07 Å². The lowest BCUT2D eigenvalue weighted by molar-refractivity contribution is 0.539. The van der Waals surface area contributed by atoms with Crippen LogP contribution in [0.15, 0.2) is 42.5 Å². The van der Waals surface area contributed by atoms with Gasteiger partial charge in [0, 0.05) is 24.1 Å². The van der Waals surface area contributed by atoms with Crippen molar-refractivity contribution < 1.29 is 4.39 Å². The van der Waals surface area contributed by atoms with Crippen LogP contribution in [0.3, 0.4) is 0 Å². The molecule has 0 atom stereocenters. The molecular formula is C17H21FN2. The highest BCUT2D eigenvalue weighted by molar-refractivity contribution is 5.65. The van der Waals surface area contributed by atoms with Crippen LogP contribution in [0, 0.1) is 5.82 Å². The average Bonchev–Trinajstić information content (AvgIpc) is 2.48. The molecule has 2 rings (SSSR count). The quantitative estimate of drug-likeness (QED) is 0.898. The van der Waals surface area contributed by atoms with Crippen molar-refractivity contribution in [2.75, 3.05) is 6.54 Å². The summed E-state index contributed by atoms with van der Waals surface area (Å²) in [4.78, 5) is 0. The van der Waals surface area contributed by atoms with Crippen LogP contribution in [0.25, 0.3) is 11.1 Å². The maximum absolute atomic E-state index is 13.5. The molecule has 0 fully saturated rings. The molecule has 20 heavy (non-hydrogen) atoms. The van der Waals surface area contributed by atoms with E-state index in [0.717, 1.165) is 11.1 Å². The van der Waals surface area contributed by atoms with E-state index in [4.69, 9.17) is 11.5 Å². The Labute approximate surface area is 119 Å². The Morgan fingerprint density at radius 3 is 2.35 bits per heavy atom. The Bertz CT molecular complexity index is 606. The van der Waals surface area contributed by atoms with Gasteiger partial charge in [-0.05, 0) is 28.8 Å². The second-order valence-corrected chi connectivity index (χ2v) is 5.68. The SMILES string of the molecule is CC(C)(CN)c1cccc(-c2ccc(F)c(CN)c2)c1. The highest BCUT2D eigenvalue weighted by atomic mass is 19.1. The summed E-state index contributed by atoms with van der Waals surface area (Å²) in [6, 6.07) is 13.3. The molecule has 106 valence electrons. The topological polar surface area (TPSA) is 52.0 Å². The molecule has 2 aromatic carbocycles. The first-order valence-electron chi connectivity index (χ1n) is 6.77. The van der Waals surface area contributed by atoms with Crippen molar-refractivity contribution in [1.82, 2.24) is 0 Å². The van der Waals surface area contributed by atoms with Gasteiger partial charge in [0.1, 0.15) is 5.82 Å². The number of benzene rings is 2. The van der Waals surface area contributed by atoms with E-state index in [0.29, 0.717) is 12.1 Å². The maximum Gasteiger partial charge on any atom is 0.127 e. The summed E-state index contributed by atoms with van der Waals surface area (Å²) >= 11 is 0. The highest BCUT2D eigenvalue weighted by Gasteiger charge is 2.18. The second-order valence-electron chi connectivity index (χ2n) is 5.68. The highest BCUT2D eigenvalue weighted by Crippen LogP contribution is 2.28. The van der Waals surface area contributed by atoms with E-state index in [2.05, 4.69) is 26.0 Å². The molecule has 0 radical (unpaired) electrons. The van der Waals surface area contributed by atoms with Crippen molar-refractivity contribution in [3.63, 3.8) is 0 Å². The van der Waals surface area contributed by atoms with E-state index >= 15 is 0 Å². The van der Waals surface area contributed by atoms with Gasteiger partial charge in [0.15, 0.2) is 0 Å². The lowest BCUT2D eigenvalue weighted by atomic mass is 9.83. The van der Waals surface area contributed by atoms with E-state index in [-0.39, 0.29) is 17.8 Å². The molecular weight excluding hydrogens is 251 g/mol. The monoisotopic (exact) mass is 272 g/mol. The molecule has 0 aliphatic carbocycles. The Balaban J connectivity index is 2.46. The van der Waals surface area contributed by atoms with Crippen LogP contribution in [-0.4, -0.2) is 6.54 Å². The van der Waals surface area contributed by atoms with Crippen molar-refractivity contribution in [3.05, 3.63) is 59.4 Å². The van der Waals surface area contributed by atoms with Crippen LogP contribution < -0.4 is 11.5 Å². The third-order valence-corrected chi connectivity index (χ3v) is 3.75. The first-order valence-corrected chi connectivity index (χ1v) is 6.77. The van der Waals surface area contributed by atoms with Gasteiger partial charge in [-0.15, -0.1) is 0 Å². The molecule has 0 aliphatic rings. The molecule has 3 heteroatoms. The standard InChI is InChI=1S/C17H21FN2/c1-17(2,11-20)15-5-3-4-12(9-15)13-6-7-16(18)14(8-13)10-19/h3-9H,10-11,19-20H2,1-2H3. The van der Waals surface area contributed by atoms with Crippen LogP contribution in [0.1, 0.15) is 25.0 Å². The molecule has 0 saturated heterocycles. The van der Waals surface area contributed by atoms with Gasteiger partial charge < -0.3 is 11.5 Å². The van der Waals surface area contributed by atoms with Crippen LogP contribution in [-0.2, 0) is 12.0 Å². The fourth-order valence-electron chi connectivity index (χ4n) is 2.15. The smallest absolute Gasteiger partial charge is 0.127 e. The number of rotatable bonds is 4. The van der Waals surface area contributed by atoms with Gasteiger partial charge in [-0.2, -0.15) is 0 Å². The molecule has 0 saturated carbocycles. The molecule has 0 bridgehead atoms. The molecule has 0 aromatic heterocycles. The van der Waals surface area contributed by atoms with Gasteiger partial charge in [0.25, 0.3) is 0 Å². The molecule has 0 amide bonds. The summed E-state index contributed by atoms with van der Waals surface area (Å²) in [5.74, 6) is -0.255. The first kappa shape index (κ1) is 14.7. The number of halogens is 1. The molecule has 4 N–H and O–H groups in total. The largest absolute Gasteiger partial charge is 0.330 e. The normalized spacial score (nSPS) is 11.7. The molecule has 2 aromatic rings. The zero-order valence-electron chi connectivity index (χ0n) is 12.0. The van der Waals surface area contributed by atoms with Crippen molar-refractivity contribution in [1.29, 1.82) is 0 Å². The summed E-state index contributed by atoms with van der Waals surface area (Å²) in [6.45, 7) is 5.01. The lowest BCUT2D eigenvalue weighted by Crippen LogP contribution is -2.27. The fraction of sp³-hybridized carbons (Fsp3) is 0.294. The predicted octanol–water partition coefficient (Wildman–Crippen LogP) is 3.19. The van der Waals surface area contributed by atoms with Gasteiger partial charge in [0.2, 0.25) is 0 Å². The van der Waals surface area contributed by atoms with Gasteiger partial charge in [-0.25, -0.2) is 4.39 Å². The summed E-state index contributed by atoms with van der Waals surface area (Å²) in [6.07, 6.45) is 0. The zero-order chi connectivity index (χ0) is 14.8. The minimum absolute atomic E-state index is 0.0766. The first-order chi connectivity index (χ1) is 9.47. The molecule has 0 spiro atoms. The molecule has 0 aliphatic heterocycles. The number of nitrogens with two attached hydrogens (primary N) is 2. The van der Waals surface area contributed by atoms with Gasteiger partial charge in [0.05, 0.1) is 0 Å². The van der Waals surface area contributed by atoms with Crippen LogP contribution in [0.5, 0.6) is 0 Å². The van der Waals surface area contributed by atoms with E-state index in [1.807, 2.05) is 18.2 Å². The van der Waals surface area contributed by atoms with Crippen molar-refractivity contribution in [3.8, 4) is 11.1 Å². The Morgan fingerprint density at radius 1 is 1.00 bits per heavy atom. The van der Waals surface area contributed by atoms with Gasteiger partial charge >= 0.3 is 0 Å². The summed E-state index contributed by atoms with van der Waals surface area (Å²) in [5.41, 5.74) is 15.0. The average molecular weight is 272 g/mol. The molecule has 0 heterocycles. The lowest BCUT2D eigenvalue weighted by Gasteiger charge is -2.23. The van der Waals surface area contributed by atoms with Crippen molar-refractivity contribution in [2.45, 2.75) is 25.8 Å². The van der Waals surface area contributed by atoms with Gasteiger partial charge in [-0.1, -0.05) is 44.2 Å². The van der Waals surface area contributed by atoms with Crippen LogP contribution in [0.2, 0.25) is 0 Å². The number of hydrogen-bond acceptors (Lipinski definition) is 2. The fourth-order valence-corrected chi connectivity index (χ4v) is 2.15. The Hall–Kier alpha value is -1.71. The summed E-state index contributed by atoms with van der Waals surface area (Å²) in [5, 5.41) is 0. The third kappa shape index (κ3) is 2.89. The van der Waals surface area contributed by atoms with E-state index < -0.39 is 0 Å². The van der Waals surface area contributed by atoms with Crippen molar-refractivity contribution >= 4 is 0 Å². The van der Waals surface area contributed by atoms with Crippen LogP contribution in [0.4, 0.5) is 4.39 Å². The maximum atomic E-state index is 13.5. The zero-order valence-corrected chi connectivity index (χ0v) is 12.0. The summed E-state index contributed by atoms with van der Waals surface area (Å²) < 4.78 is 13.5. The van der Waals surface area contributed by atoms with Crippen molar-refractivity contribution in [2.24, 2.45) is 11.5 Å². The molecule has 0 unspecified atom stereocenters. The Kier molecular flexibility index (Phi) is 4.21. The summed E-state index contributed by atoms with van der Waals surface area (Å²) in [7, 11) is 0. The van der Waals surface area contributed by atoms with Gasteiger partial charge in [-0.3, -0.25) is 0 Å². The second kappa shape index (κ2) is 5.73. The third-order valence-electron chi connectivity index (χ3n) is 3.75. The minimum Gasteiger partial charge on any atom is -0.330 e. The Morgan fingerprint density at radius 2 is 1.70 bits per heavy atom. The molecule has 2 nitrogen and oxygen atoms in total. The minimum atomic E-state index is -0.255. The van der Waals surface area contributed by atoms with E-state index in [9.17, 15) is 4.39 Å². The van der Waals surface area contributed by atoms with Crippen LogP contribution >= 0.6 is 0 Å². The number of hydrogen-bond donors (Lipinski definition) is 2. The predicted molar refractivity (Wildman–Crippen MR) is 81.8 cm³/mol.